The maximum Gasteiger partial charge on any atom is 0.251 e. The number of amides is 1. The number of hydrogen-bond donors (Lipinski definition) is 1. The molecular weight excluding hydrogens is 250 g/mol. The van der Waals surface area contributed by atoms with Gasteiger partial charge >= 0.3 is 0 Å². The normalized spacial score (nSPS) is 11.2. The summed E-state index contributed by atoms with van der Waals surface area (Å²) < 4.78 is 5.58. The Morgan fingerprint density at radius 2 is 1.85 bits per heavy atom. The molecule has 0 bridgehead atoms. The van der Waals surface area contributed by atoms with Crippen LogP contribution in [0.15, 0.2) is 24.3 Å². The van der Waals surface area contributed by atoms with E-state index >= 15 is 0 Å². The predicted octanol–water partition coefficient (Wildman–Crippen LogP) is 4.03. The van der Waals surface area contributed by atoms with E-state index in [1.54, 1.807) is 0 Å². The second-order valence-corrected chi connectivity index (χ2v) is 6.29. The highest BCUT2D eigenvalue weighted by molar-refractivity contribution is 5.94. The van der Waals surface area contributed by atoms with Gasteiger partial charge in [0.25, 0.3) is 5.91 Å². The van der Waals surface area contributed by atoms with Crippen molar-refractivity contribution in [3.05, 3.63) is 29.8 Å². The van der Waals surface area contributed by atoms with Gasteiger partial charge in [0.15, 0.2) is 0 Å². The van der Waals surface area contributed by atoms with Gasteiger partial charge in [-0.05, 0) is 42.5 Å². The average molecular weight is 277 g/mol. The van der Waals surface area contributed by atoms with Crippen molar-refractivity contribution in [1.29, 1.82) is 0 Å². The molecule has 1 aromatic rings. The largest absolute Gasteiger partial charge is 0.494 e. The monoisotopic (exact) mass is 277 g/mol. The van der Waals surface area contributed by atoms with Gasteiger partial charge in [0.05, 0.1) is 6.61 Å². The second-order valence-electron chi connectivity index (χ2n) is 6.29. The molecule has 0 radical (unpaired) electrons. The average Bonchev–Trinajstić information content (AvgIpc) is 2.38. The van der Waals surface area contributed by atoms with Crippen molar-refractivity contribution in [2.24, 2.45) is 5.41 Å². The SMILES string of the molecule is CCCCOc1ccc(C(=O)NCCC(C)(C)C)cc1. The summed E-state index contributed by atoms with van der Waals surface area (Å²) in [6.45, 7) is 10.1. The zero-order valence-corrected chi connectivity index (χ0v) is 13.2. The van der Waals surface area contributed by atoms with E-state index in [2.05, 4.69) is 33.0 Å². The van der Waals surface area contributed by atoms with E-state index in [1.807, 2.05) is 24.3 Å². The lowest BCUT2D eigenvalue weighted by molar-refractivity contribution is 0.0949. The Morgan fingerprint density at radius 1 is 1.20 bits per heavy atom. The van der Waals surface area contributed by atoms with E-state index in [1.165, 1.54) is 0 Å². The first-order chi connectivity index (χ1) is 9.42. The van der Waals surface area contributed by atoms with Crippen molar-refractivity contribution in [3.63, 3.8) is 0 Å². The van der Waals surface area contributed by atoms with Gasteiger partial charge in [-0.15, -0.1) is 0 Å². The topological polar surface area (TPSA) is 38.3 Å². The Labute approximate surface area is 122 Å². The van der Waals surface area contributed by atoms with Crippen molar-refractivity contribution < 1.29 is 9.53 Å². The van der Waals surface area contributed by atoms with Gasteiger partial charge in [-0.2, -0.15) is 0 Å². The lowest BCUT2D eigenvalue weighted by Gasteiger charge is -2.18. The third-order valence-electron chi connectivity index (χ3n) is 3.04. The molecule has 0 unspecified atom stereocenters. The van der Waals surface area contributed by atoms with Crippen LogP contribution in [0.2, 0.25) is 0 Å². The van der Waals surface area contributed by atoms with Crippen LogP contribution in [0.4, 0.5) is 0 Å². The molecule has 0 atom stereocenters. The second kappa shape index (κ2) is 7.93. The summed E-state index contributed by atoms with van der Waals surface area (Å²) in [6, 6.07) is 7.34. The Bertz CT molecular complexity index is 404. The first kappa shape index (κ1) is 16.5. The fourth-order valence-electron chi connectivity index (χ4n) is 1.69. The summed E-state index contributed by atoms with van der Waals surface area (Å²) in [6.07, 6.45) is 3.14. The fourth-order valence-corrected chi connectivity index (χ4v) is 1.69. The highest BCUT2D eigenvalue weighted by atomic mass is 16.5. The molecule has 20 heavy (non-hydrogen) atoms. The van der Waals surface area contributed by atoms with Crippen molar-refractivity contribution in [3.8, 4) is 5.75 Å². The summed E-state index contributed by atoms with van der Waals surface area (Å²) in [4.78, 5) is 12.0. The molecule has 1 aromatic carbocycles. The predicted molar refractivity (Wildman–Crippen MR) is 83.3 cm³/mol. The van der Waals surface area contributed by atoms with Crippen molar-refractivity contribution in [1.82, 2.24) is 5.32 Å². The van der Waals surface area contributed by atoms with Gasteiger partial charge in [0.2, 0.25) is 0 Å². The van der Waals surface area contributed by atoms with Crippen LogP contribution >= 0.6 is 0 Å². The molecule has 1 rings (SSSR count). The van der Waals surface area contributed by atoms with Crippen LogP contribution in [0.25, 0.3) is 0 Å². The van der Waals surface area contributed by atoms with E-state index < -0.39 is 0 Å². The minimum Gasteiger partial charge on any atom is -0.494 e. The summed E-state index contributed by atoms with van der Waals surface area (Å²) in [5.41, 5.74) is 0.923. The van der Waals surface area contributed by atoms with Crippen molar-refractivity contribution >= 4 is 5.91 Å². The molecule has 112 valence electrons. The van der Waals surface area contributed by atoms with Gasteiger partial charge in [-0.25, -0.2) is 0 Å². The number of ether oxygens (including phenoxy) is 1. The molecule has 0 aliphatic carbocycles. The molecule has 0 saturated carbocycles. The smallest absolute Gasteiger partial charge is 0.251 e. The number of unbranched alkanes of at least 4 members (excludes halogenated alkanes) is 1. The molecule has 0 aliphatic heterocycles. The van der Waals surface area contributed by atoms with E-state index in [-0.39, 0.29) is 11.3 Å². The number of carbonyl (C=O) groups excluding carboxylic acids is 1. The molecule has 0 saturated heterocycles. The molecule has 1 amide bonds. The van der Waals surface area contributed by atoms with Crippen LogP contribution in [-0.2, 0) is 0 Å². The van der Waals surface area contributed by atoms with E-state index in [0.717, 1.165) is 31.6 Å². The Balaban J connectivity index is 2.41. The summed E-state index contributed by atoms with van der Waals surface area (Å²) in [7, 11) is 0. The van der Waals surface area contributed by atoms with Crippen molar-refractivity contribution in [2.45, 2.75) is 47.0 Å². The van der Waals surface area contributed by atoms with Crippen LogP contribution in [0.1, 0.15) is 57.3 Å². The molecular formula is C17H27NO2. The van der Waals surface area contributed by atoms with Gasteiger partial charge in [-0.1, -0.05) is 34.1 Å². The molecule has 3 nitrogen and oxygen atoms in total. The minimum absolute atomic E-state index is 0.0191. The highest BCUT2D eigenvalue weighted by Gasteiger charge is 2.11. The fraction of sp³-hybridized carbons (Fsp3) is 0.588. The molecule has 3 heteroatoms. The molecule has 1 N–H and O–H groups in total. The molecule has 0 spiro atoms. The number of benzene rings is 1. The zero-order chi connectivity index (χ0) is 15.0. The van der Waals surface area contributed by atoms with Gasteiger partial charge < -0.3 is 10.1 Å². The van der Waals surface area contributed by atoms with Crippen LogP contribution in [0.5, 0.6) is 5.75 Å². The van der Waals surface area contributed by atoms with Gasteiger partial charge in [0, 0.05) is 12.1 Å². The molecule has 0 heterocycles. The van der Waals surface area contributed by atoms with Gasteiger partial charge in [-0.3, -0.25) is 4.79 Å². The first-order valence-corrected chi connectivity index (χ1v) is 7.43. The van der Waals surface area contributed by atoms with Crippen LogP contribution in [-0.4, -0.2) is 19.1 Å². The summed E-state index contributed by atoms with van der Waals surface area (Å²) in [5.74, 6) is 0.805. The highest BCUT2D eigenvalue weighted by Crippen LogP contribution is 2.17. The molecule has 0 aliphatic rings. The Kier molecular flexibility index (Phi) is 6.56. The number of hydrogen-bond acceptors (Lipinski definition) is 2. The molecule has 0 aromatic heterocycles. The van der Waals surface area contributed by atoms with E-state index in [9.17, 15) is 4.79 Å². The molecule has 0 fully saturated rings. The summed E-state index contributed by atoms with van der Waals surface area (Å²) >= 11 is 0. The van der Waals surface area contributed by atoms with Crippen molar-refractivity contribution in [2.75, 3.05) is 13.2 Å². The minimum atomic E-state index is -0.0191. The third kappa shape index (κ3) is 6.60. The summed E-state index contributed by atoms with van der Waals surface area (Å²) in [5, 5.41) is 2.95. The number of rotatable bonds is 7. The zero-order valence-electron chi connectivity index (χ0n) is 13.2. The standard InChI is InChI=1S/C17H27NO2/c1-5-6-13-20-15-9-7-14(8-10-15)16(19)18-12-11-17(2,3)4/h7-10H,5-6,11-13H2,1-4H3,(H,18,19). The Hall–Kier alpha value is -1.51. The maximum absolute atomic E-state index is 12.0. The first-order valence-electron chi connectivity index (χ1n) is 7.43. The number of carbonyl (C=O) groups is 1. The van der Waals surface area contributed by atoms with Crippen LogP contribution in [0, 0.1) is 5.41 Å². The quantitative estimate of drug-likeness (QED) is 0.764. The van der Waals surface area contributed by atoms with Crippen LogP contribution < -0.4 is 10.1 Å². The van der Waals surface area contributed by atoms with E-state index in [0.29, 0.717) is 12.1 Å². The Morgan fingerprint density at radius 3 is 2.40 bits per heavy atom. The lowest BCUT2D eigenvalue weighted by atomic mass is 9.92. The van der Waals surface area contributed by atoms with Crippen LogP contribution in [0.3, 0.4) is 0 Å². The van der Waals surface area contributed by atoms with E-state index in [4.69, 9.17) is 4.74 Å². The maximum atomic E-state index is 12.0. The number of nitrogens with one attached hydrogen (secondary N) is 1. The lowest BCUT2D eigenvalue weighted by Crippen LogP contribution is -2.27. The van der Waals surface area contributed by atoms with Gasteiger partial charge in [0.1, 0.15) is 5.75 Å². The third-order valence-corrected chi connectivity index (χ3v) is 3.04.